The third-order valence-electron chi connectivity index (χ3n) is 2.39. The van der Waals surface area contributed by atoms with Crippen LogP contribution in [0.5, 0.6) is 0 Å². The first-order chi connectivity index (χ1) is 7.87. The number of benzene rings is 1. The standard InChI is InChI=1S/C13H18N2O2/c1-9-6-5-7-10(8-9)11-15(17-11)12(16)14-13(2,3)4/h5-8,11H,1-4H3,(H,14,16). The van der Waals surface area contributed by atoms with Crippen molar-refractivity contribution in [2.24, 2.45) is 0 Å². The van der Waals surface area contributed by atoms with Gasteiger partial charge >= 0.3 is 6.03 Å². The molecule has 0 spiro atoms. The average Bonchev–Trinajstić information content (AvgIpc) is 2.94. The highest BCUT2D eigenvalue weighted by molar-refractivity contribution is 5.75. The summed E-state index contributed by atoms with van der Waals surface area (Å²) < 4.78 is 0. The summed E-state index contributed by atoms with van der Waals surface area (Å²) in [5, 5.41) is 4.22. The summed E-state index contributed by atoms with van der Waals surface area (Å²) in [6.45, 7) is 7.84. The van der Waals surface area contributed by atoms with E-state index in [1.165, 1.54) is 5.06 Å². The van der Waals surface area contributed by atoms with Gasteiger partial charge in [0.1, 0.15) is 0 Å². The second kappa shape index (κ2) is 4.04. The van der Waals surface area contributed by atoms with Gasteiger partial charge in [0.2, 0.25) is 6.23 Å². The molecule has 1 heterocycles. The van der Waals surface area contributed by atoms with Crippen LogP contribution in [0.4, 0.5) is 4.79 Å². The molecule has 0 radical (unpaired) electrons. The maximum Gasteiger partial charge on any atom is 0.344 e. The minimum absolute atomic E-state index is 0.191. The number of nitrogens with one attached hydrogen (secondary N) is 1. The Kier molecular flexibility index (Phi) is 2.83. The van der Waals surface area contributed by atoms with Gasteiger partial charge in [-0.1, -0.05) is 29.8 Å². The molecule has 0 aromatic heterocycles. The first-order valence-electron chi connectivity index (χ1n) is 5.71. The number of amides is 2. The number of hydrogen-bond donors (Lipinski definition) is 1. The van der Waals surface area contributed by atoms with Gasteiger partial charge in [-0.3, -0.25) is 0 Å². The van der Waals surface area contributed by atoms with E-state index in [0.717, 1.165) is 11.1 Å². The van der Waals surface area contributed by atoms with E-state index < -0.39 is 0 Å². The van der Waals surface area contributed by atoms with Crippen molar-refractivity contribution >= 4 is 6.03 Å². The largest absolute Gasteiger partial charge is 0.344 e. The molecule has 2 amide bonds. The van der Waals surface area contributed by atoms with Crippen LogP contribution in [0, 0.1) is 6.92 Å². The molecule has 17 heavy (non-hydrogen) atoms. The maximum absolute atomic E-state index is 11.8. The number of hydroxylamine groups is 2. The zero-order valence-electron chi connectivity index (χ0n) is 10.7. The number of nitrogens with zero attached hydrogens (tertiary/aromatic N) is 1. The van der Waals surface area contributed by atoms with Crippen molar-refractivity contribution in [2.75, 3.05) is 0 Å². The minimum Gasteiger partial charge on any atom is -0.332 e. The van der Waals surface area contributed by atoms with Gasteiger partial charge in [0, 0.05) is 11.1 Å². The predicted molar refractivity (Wildman–Crippen MR) is 65.1 cm³/mol. The highest BCUT2D eigenvalue weighted by atomic mass is 16.8. The van der Waals surface area contributed by atoms with Crippen LogP contribution in [0.25, 0.3) is 0 Å². The third-order valence-corrected chi connectivity index (χ3v) is 2.39. The third kappa shape index (κ3) is 2.97. The zero-order valence-corrected chi connectivity index (χ0v) is 10.7. The number of hydrogen-bond acceptors (Lipinski definition) is 2. The number of aryl methyl sites for hydroxylation is 1. The van der Waals surface area contributed by atoms with Crippen LogP contribution >= 0.6 is 0 Å². The molecule has 1 aromatic carbocycles. The Bertz CT molecular complexity index is 437. The Morgan fingerprint density at radius 1 is 1.41 bits per heavy atom. The molecular formula is C13H18N2O2. The molecule has 1 aliphatic rings. The Labute approximate surface area is 102 Å². The van der Waals surface area contributed by atoms with E-state index in [4.69, 9.17) is 4.84 Å². The van der Waals surface area contributed by atoms with Crippen molar-refractivity contribution in [1.82, 2.24) is 10.4 Å². The van der Waals surface area contributed by atoms with Crippen molar-refractivity contribution in [3.05, 3.63) is 35.4 Å². The fourth-order valence-corrected chi connectivity index (χ4v) is 1.63. The molecule has 0 saturated carbocycles. The molecule has 1 fully saturated rings. The fraction of sp³-hybridized carbons (Fsp3) is 0.462. The van der Waals surface area contributed by atoms with Crippen molar-refractivity contribution in [3.8, 4) is 0 Å². The smallest absolute Gasteiger partial charge is 0.332 e. The second-order valence-corrected chi connectivity index (χ2v) is 5.38. The van der Waals surface area contributed by atoms with Gasteiger partial charge in [-0.05, 0) is 27.7 Å². The SMILES string of the molecule is Cc1cccc(C2ON2C(=O)NC(C)(C)C)c1. The van der Waals surface area contributed by atoms with E-state index >= 15 is 0 Å². The van der Waals surface area contributed by atoms with Gasteiger partial charge < -0.3 is 5.32 Å². The van der Waals surface area contributed by atoms with Crippen LogP contribution in [-0.4, -0.2) is 16.6 Å². The quantitative estimate of drug-likeness (QED) is 0.759. The van der Waals surface area contributed by atoms with Crippen LogP contribution in [0.3, 0.4) is 0 Å². The lowest BCUT2D eigenvalue weighted by Crippen LogP contribution is -2.43. The maximum atomic E-state index is 11.8. The molecule has 4 nitrogen and oxygen atoms in total. The summed E-state index contributed by atoms with van der Waals surface area (Å²) >= 11 is 0. The van der Waals surface area contributed by atoms with Crippen LogP contribution in [0.1, 0.15) is 38.1 Å². The summed E-state index contributed by atoms with van der Waals surface area (Å²) in [6, 6.07) is 7.78. The van der Waals surface area contributed by atoms with Crippen molar-refractivity contribution in [2.45, 2.75) is 39.5 Å². The van der Waals surface area contributed by atoms with E-state index in [1.54, 1.807) is 0 Å². The molecule has 1 N–H and O–H groups in total. The highest BCUT2D eigenvalue weighted by Gasteiger charge is 2.43. The zero-order chi connectivity index (χ0) is 12.6. The molecule has 1 saturated heterocycles. The molecular weight excluding hydrogens is 216 g/mol. The van der Waals surface area contributed by atoms with E-state index in [2.05, 4.69) is 5.32 Å². The Morgan fingerprint density at radius 2 is 2.12 bits per heavy atom. The number of rotatable bonds is 1. The van der Waals surface area contributed by atoms with E-state index in [1.807, 2.05) is 52.0 Å². The monoisotopic (exact) mass is 234 g/mol. The van der Waals surface area contributed by atoms with Crippen molar-refractivity contribution in [3.63, 3.8) is 0 Å². The Morgan fingerprint density at radius 3 is 2.71 bits per heavy atom. The summed E-state index contributed by atoms with van der Waals surface area (Å²) in [5.74, 6) is 0. The van der Waals surface area contributed by atoms with Gasteiger partial charge in [0.05, 0.1) is 0 Å². The van der Waals surface area contributed by atoms with Crippen LogP contribution in [0.2, 0.25) is 0 Å². The molecule has 0 bridgehead atoms. The Hall–Kier alpha value is -1.55. The first kappa shape index (κ1) is 11.9. The van der Waals surface area contributed by atoms with Gasteiger partial charge in [0.25, 0.3) is 0 Å². The van der Waals surface area contributed by atoms with Crippen LogP contribution in [-0.2, 0) is 4.84 Å². The van der Waals surface area contributed by atoms with Gasteiger partial charge in [-0.2, -0.15) is 5.06 Å². The summed E-state index contributed by atoms with van der Waals surface area (Å²) in [4.78, 5) is 17.1. The van der Waals surface area contributed by atoms with E-state index in [0.29, 0.717) is 0 Å². The van der Waals surface area contributed by atoms with Gasteiger partial charge in [0.15, 0.2) is 0 Å². The molecule has 92 valence electrons. The molecule has 1 atom stereocenters. The van der Waals surface area contributed by atoms with Crippen LogP contribution < -0.4 is 5.32 Å². The molecule has 2 rings (SSSR count). The topological polar surface area (TPSA) is 44.6 Å². The highest BCUT2D eigenvalue weighted by Crippen LogP contribution is 2.37. The first-order valence-corrected chi connectivity index (χ1v) is 5.71. The van der Waals surface area contributed by atoms with Gasteiger partial charge in [-0.15, -0.1) is 0 Å². The normalized spacial score (nSPS) is 19.1. The van der Waals surface area contributed by atoms with E-state index in [9.17, 15) is 4.79 Å². The number of carbonyl (C=O) groups excluding carboxylic acids is 1. The van der Waals surface area contributed by atoms with Crippen LogP contribution in [0.15, 0.2) is 24.3 Å². The molecule has 0 aliphatic carbocycles. The molecule has 1 aliphatic heterocycles. The summed E-state index contributed by atoms with van der Waals surface area (Å²) in [7, 11) is 0. The number of urea groups is 1. The lowest BCUT2D eigenvalue weighted by molar-refractivity contribution is 0.169. The minimum atomic E-state index is -0.250. The lowest BCUT2D eigenvalue weighted by Gasteiger charge is -2.19. The fourth-order valence-electron chi connectivity index (χ4n) is 1.63. The summed E-state index contributed by atoms with van der Waals surface area (Å²) in [5.41, 5.74) is 1.92. The van der Waals surface area contributed by atoms with Crippen molar-refractivity contribution in [1.29, 1.82) is 0 Å². The lowest BCUT2D eigenvalue weighted by atomic mass is 10.1. The average molecular weight is 234 g/mol. The second-order valence-electron chi connectivity index (χ2n) is 5.38. The number of carbonyl (C=O) groups is 1. The van der Waals surface area contributed by atoms with E-state index in [-0.39, 0.29) is 17.8 Å². The van der Waals surface area contributed by atoms with Gasteiger partial charge in [-0.25, -0.2) is 9.63 Å². The Balaban J connectivity index is 1.99. The molecule has 1 unspecified atom stereocenters. The summed E-state index contributed by atoms with van der Waals surface area (Å²) in [6.07, 6.45) is -0.239. The molecule has 4 heteroatoms. The van der Waals surface area contributed by atoms with Crippen molar-refractivity contribution < 1.29 is 9.63 Å². The molecule has 1 aromatic rings. The predicted octanol–water partition coefficient (Wildman–Crippen LogP) is 2.75.